The van der Waals surface area contributed by atoms with Gasteiger partial charge in [0.15, 0.2) is 0 Å². The minimum Gasteiger partial charge on any atom is -0.486 e. The Morgan fingerprint density at radius 1 is 1.17 bits per heavy atom. The van der Waals surface area contributed by atoms with Gasteiger partial charge in [-0.05, 0) is 94.6 Å². The number of carbonyl (C=O) groups excluding carboxylic acids is 2. The lowest BCUT2D eigenvalue weighted by molar-refractivity contribution is -0.199. The van der Waals surface area contributed by atoms with Gasteiger partial charge in [0.1, 0.15) is 42.2 Å². The van der Waals surface area contributed by atoms with Gasteiger partial charge in [0.25, 0.3) is 0 Å². The highest BCUT2D eigenvalue weighted by Crippen LogP contribution is 2.65. The first-order chi connectivity index (χ1) is 19.7. The summed E-state index contributed by atoms with van der Waals surface area (Å²) in [5.74, 6) is 1.25. The van der Waals surface area contributed by atoms with Gasteiger partial charge in [0, 0.05) is 0 Å². The summed E-state index contributed by atoms with van der Waals surface area (Å²) in [6.07, 6.45) is 6.58. The van der Waals surface area contributed by atoms with Crippen LogP contribution in [0.5, 0.6) is 5.75 Å². The molecule has 1 aromatic carbocycles. The quantitative estimate of drug-likeness (QED) is 0.341. The molecular formula is C31H43BN4O6. The van der Waals surface area contributed by atoms with Crippen LogP contribution in [0, 0.1) is 24.2 Å². The highest BCUT2D eigenvalue weighted by Gasteiger charge is 2.67. The summed E-state index contributed by atoms with van der Waals surface area (Å²) < 4.78 is 26.6. The highest BCUT2D eigenvalue weighted by molar-refractivity contribution is 6.45. The van der Waals surface area contributed by atoms with E-state index in [1.54, 1.807) is 4.90 Å². The van der Waals surface area contributed by atoms with Gasteiger partial charge < -0.3 is 23.7 Å². The van der Waals surface area contributed by atoms with Crippen molar-refractivity contribution in [2.24, 2.45) is 17.3 Å². The Kier molecular flexibility index (Phi) is 7.20. The van der Waals surface area contributed by atoms with Gasteiger partial charge in [-0.3, -0.25) is 4.79 Å². The van der Waals surface area contributed by atoms with E-state index in [1.807, 2.05) is 39.8 Å². The molecule has 42 heavy (non-hydrogen) atoms. The van der Waals surface area contributed by atoms with Crippen molar-refractivity contribution in [3.63, 3.8) is 0 Å². The van der Waals surface area contributed by atoms with Crippen molar-refractivity contribution in [3.05, 3.63) is 41.5 Å². The average Bonchev–Trinajstić information content (AvgIpc) is 3.50. The topological polar surface area (TPSA) is 105 Å². The van der Waals surface area contributed by atoms with Crippen LogP contribution in [0.3, 0.4) is 0 Å². The summed E-state index contributed by atoms with van der Waals surface area (Å²) in [5, 5.41) is 3.99. The standard InChI is InChI=1S/C31H43BN4O6/c1-19-20(10-11-32-41-25-13-21-12-24(30(21,5)6)31(25,7)42-32)8-9-23(27(19)28(38)40-29(2,3)4)39-22-14-35(15-22)26(37)16-36-18-33-17-34-36/h8-9,17-18,21-22,24-25H,10-16H2,1-7H3/t21-,24-,25+,31-/m0/s1. The number of nitrogens with zero attached hydrogens (tertiary/aromatic N) is 4. The normalized spacial score (nSPS) is 28.1. The van der Waals surface area contributed by atoms with Crippen LogP contribution in [0.25, 0.3) is 0 Å². The number of aryl methyl sites for hydroxylation is 1. The van der Waals surface area contributed by atoms with Gasteiger partial charge in [-0.15, -0.1) is 0 Å². The summed E-state index contributed by atoms with van der Waals surface area (Å²) >= 11 is 0. The van der Waals surface area contributed by atoms with Crippen LogP contribution in [-0.2, 0) is 31.8 Å². The number of carbonyl (C=O) groups is 2. The van der Waals surface area contributed by atoms with Crippen molar-refractivity contribution in [2.45, 2.75) is 104 Å². The van der Waals surface area contributed by atoms with Crippen molar-refractivity contribution in [3.8, 4) is 5.75 Å². The number of hydrogen-bond donors (Lipinski definition) is 0. The summed E-state index contributed by atoms with van der Waals surface area (Å²) in [6.45, 7) is 15.5. The molecule has 0 spiro atoms. The zero-order valence-corrected chi connectivity index (χ0v) is 25.9. The Morgan fingerprint density at radius 3 is 2.60 bits per heavy atom. The molecule has 7 rings (SSSR count). The van der Waals surface area contributed by atoms with E-state index in [-0.39, 0.29) is 37.4 Å². The van der Waals surface area contributed by atoms with E-state index in [0.29, 0.717) is 54.4 Å². The molecule has 2 aliphatic heterocycles. The van der Waals surface area contributed by atoms with Gasteiger partial charge in [-0.2, -0.15) is 5.10 Å². The zero-order chi connectivity index (χ0) is 30.0. The molecule has 10 nitrogen and oxygen atoms in total. The molecule has 3 heterocycles. The van der Waals surface area contributed by atoms with E-state index in [1.165, 1.54) is 23.8 Å². The fraction of sp³-hybridized carbons (Fsp3) is 0.677. The third-order valence-electron chi connectivity index (χ3n) is 10.1. The molecule has 226 valence electrons. The number of rotatable bonds is 8. The molecule has 2 bridgehead atoms. The van der Waals surface area contributed by atoms with E-state index in [2.05, 4.69) is 30.9 Å². The average molecular weight is 579 g/mol. The number of amides is 1. The predicted molar refractivity (Wildman–Crippen MR) is 156 cm³/mol. The van der Waals surface area contributed by atoms with Crippen molar-refractivity contribution >= 4 is 19.0 Å². The van der Waals surface area contributed by atoms with Gasteiger partial charge in [0.05, 0.1) is 24.8 Å². The number of hydrogen-bond acceptors (Lipinski definition) is 8. The Hall–Kier alpha value is -2.92. The predicted octanol–water partition coefficient (Wildman–Crippen LogP) is 4.10. The van der Waals surface area contributed by atoms with Crippen LogP contribution >= 0.6 is 0 Å². The minimum absolute atomic E-state index is 0.0509. The fourth-order valence-corrected chi connectivity index (χ4v) is 7.48. The molecule has 5 aliphatic rings. The molecule has 3 aliphatic carbocycles. The molecule has 3 saturated carbocycles. The maximum absolute atomic E-state index is 13.4. The maximum Gasteiger partial charge on any atom is 0.457 e. The van der Waals surface area contributed by atoms with Crippen LogP contribution in [0.2, 0.25) is 6.32 Å². The molecule has 2 saturated heterocycles. The largest absolute Gasteiger partial charge is 0.486 e. The van der Waals surface area contributed by atoms with Gasteiger partial charge in [-0.25, -0.2) is 14.5 Å². The third-order valence-corrected chi connectivity index (χ3v) is 10.1. The van der Waals surface area contributed by atoms with Crippen LogP contribution in [0.4, 0.5) is 0 Å². The summed E-state index contributed by atoms with van der Waals surface area (Å²) in [4.78, 5) is 31.6. The number of benzene rings is 1. The van der Waals surface area contributed by atoms with Gasteiger partial charge >= 0.3 is 13.1 Å². The van der Waals surface area contributed by atoms with E-state index >= 15 is 0 Å². The second-order valence-corrected chi connectivity index (χ2v) is 14.3. The van der Waals surface area contributed by atoms with Crippen LogP contribution in [0.1, 0.15) is 75.9 Å². The molecule has 11 heteroatoms. The Labute approximate surface area is 248 Å². The van der Waals surface area contributed by atoms with Crippen molar-refractivity contribution in [1.82, 2.24) is 19.7 Å². The van der Waals surface area contributed by atoms with Crippen molar-refractivity contribution in [2.75, 3.05) is 13.1 Å². The second-order valence-electron chi connectivity index (χ2n) is 14.3. The smallest absolute Gasteiger partial charge is 0.457 e. The molecule has 0 N–H and O–H groups in total. The number of ether oxygens (including phenoxy) is 2. The van der Waals surface area contributed by atoms with Gasteiger partial charge in [-0.1, -0.05) is 19.9 Å². The van der Waals surface area contributed by atoms with E-state index in [4.69, 9.17) is 18.8 Å². The molecule has 5 fully saturated rings. The van der Waals surface area contributed by atoms with Crippen LogP contribution < -0.4 is 4.74 Å². The number of esters is 1. The van der Waals surface area contributed by atoms with E-state index < -0.39 is 11.6 Å². The number of likely N-dealkylation sites (tertiary alicyclic amines) is 1. The monoisotopic (exact) mass is 578 g/mol. The second kappa shape index (κ2) is 10.4. The third kappa shape index (κ3) is 5.23. The van der Waals surface area contributed by atoms with Crippen molar-refractivity contribution in [1.29, 1.82) is 0 Å². The molecule has 4 atom stereocenters. The highest BCUT2D eigenvalue weighted by atomic mass is 16.7. The number of aromatic nitrogens is 3. The van der Waals surface area contributed by atoms with E-state index in [0.717, 1.165) is 17.5 Å². The fourth-order valence-electron chi connectivity index (χ4n) is 7.48. The van der Waals surface area contributed by atoms with Gasteiger partial charge in [0.2, 0.25) is 5.91 Å². The first-order valence-electron chi connectivity index (χ1n) is 15.2. The lowest BCUT2D eigenvalue weighted by Gasteiger charge is -2.64. The zero-order valence-electron chi connectivity index (χ0n) is 25.9. The first-order valence-corrected chi connectivity index (χ1v) is 15.2. The van der Waals surface area contributed by atoms with E-state index in [9.17, 15) is 9.59 Å². The lowest BCUT2D eigenvalue weighted by atomic mass is 9.43. The maximum atomic E-state index is 13.4. The minimum atomic E-state index is -0.649. The Morgan fingerprint density at radius 2 is 1.93 bits per heavy atom. The summed E-state index contributed by atoms with van der Waals surface area (Å²) in [5.41, 5.74) is 1.74. The molecule has 0 unspecified atom stereocenters. The summed E-state index contributed by atoms with van der Waals surface area (Å²) in [6, 6.07) is 3.88. The molecular weight excluding hydrogens is 535 g/mol. The SMILES string of the molecule is Cc1c(CCB2O[C@@H]3C[C@@H]4C[C@@H](C4(C)C)[C@]3(C)O2)ccc(OC2CN(C(=O)Cn3cncn3)C2)c1C(=O)OC(C)(C)C. The molecule has 1 amide bonds. The Balaban J connectivity index is 1.12. The molecule has 1 aromatic heterocycles. The Bertz CT molecular complexity index is 1350. The van der Waals surface area contributed by atoms with Crippen molar-refractivity contribution < 1.29 is 28.4 Å². The molecule has 2 aromatic rings. The summed E-state index contributed by atoms with van der Waals surface area (Å²) in [7, 11) is -0.258. The molecule has 0 radical (unpaired) electrons. The lowest BCUT2D eigenvalue weighted by Crippen LogP contribution is -2.65. The first kappa shape index (κ1) is 29.2. The van der Waals surface area contributed by atoms with Crippen LogP contribution in [-0.4, -0.2) is 75.2 Å². The van der Waals surface area contributed by atoms with Crippen LogP contribution in [0.15, 0.2) is 24.8 Å².